The van der Waals surface area contributed by atoms with Gasteiger partial charge in [0.25, 0.3) is 0 Å². The molecule has 0 spiro atoms. The van der Waals surface area contributed by atoms with Gasteiger partial charge in [-0.15, -0.1) is 0 Å². The number of carbonyl (C=O) groups is 1. The highest BCUT2D eigenvalue weighted by Crippen LogP contribution is 2.20. The molecule has 0 saturated carbocycles. The number of benzene rings is 2. The molecule has 25 heavy (non-hydrogen) atoms. The molecule has 3 rings (SSSR count). The number of hydrogen-bond donors (Lipinski definition) is 1. The van der Waals surface area contributed by atoms with Gasteiger partial charge in [-0.2, -0.15) is 0 Å². The summed E-state index contributed by atoms with van der Waals surface area (Å²) in [5.74, 6) is 0.864. The van der Waals surface area contributed by atoms with Gasteiger partial charge in [-0.1, -0.05) is 42.0 Å². The fraction of sp³-hybridized carbons (Fsp3) is 0.238. The standard InChI is InChI=1S/C21H22N2O2/c1-15-8-9-19(25-2)17(13-15)10-12-22-20(24)14-18-6-3-5-16-7-4-11-23-21(16)18/h3-9,11,13H,10,12,14H2,1-2H3,(H,22,24). The van der Waals surface area contributed by atoms with E-state index in [4.69, 9.17) is 4.74 Å². The van der Waals surface area contributed by atoms with Crippen LogP contribution < -0.4 is 10.1 Å². The van der Waals surface area contributed by atoms with Crippen LogP contribution in [0.15, 0.2) is 54.7 Å². The molecule has 0 aliphatic rings. The van der Waals surface area contributed by atoms with E-state index < -0.39 is 0 Å². The molecule has 0 saturated heterocycles. The van der Waals surface area contributed by atoms with Gasteiger partial charge in [0.1, 0.15) is 5.75 Å². The smallest absolute Gasteiger partial charge is 0.224 e. The molecule has 1 heterocycles. The molecule has 0 atom stereocenters. The maximum Gasteiger partial charge on any atom is 0.224 e. The zero-order valence-electron chi connectivity index (χ0n) is 14.6. The number of para-hydroxylation sites is 1. The highest BCUT2D eigenvalue weighted by molar-refractivity contribution is 5.87. The van der Waals surface area contributed by atoms with Crippen LogP contribution in [0.5, 0.6) is 5.75 Å². The number of aryl methyl sites for hydroxylation is 1. The third-order valence-corrected chi connectivity index (χ3v) is 4.22. The Kier molecular flexibility index (Phi) is 5.29. The summed E-state index contributed by atoms with van der Waals surface area (Å²) < 4.78 is 5.38. The van der Waals surface area contributed by atoms with Crippen LogP contribution in [0, 0.1) is 6.92 Å². The fourth-order valence-electron chi connectivity index (χ4n) is 2.98. The van der Waals surface area contributed by atoms with E-state index >= 15 is 0 Å². The molecule has 4 heteroatoms. The molecule has 4 nitrogen and oxygen atoms in total. The third kappa shape index (κ3) is 4.15. The van der Waals surface area contributed by atoms with Crippen LogP contribution in [0.4, 0.5) is 0 Å². The molecule has 0 aliphatic heterocycles. The Bertz CT molecular complexity index is 885. The molecule has 0 radical (unpaired) electrons. The molecule has 2 aromatic carbocycles. The Morgan fingerprint density at radius 1 is 1.12 bits per heavy atom. The minimum Gasteiger partial charge on any atom is -0.496 e. The molecule has 3 aromatic rings. The van der Waals surface area contributed by atoms with Crippen molar-refractivity contribution in [3.8, 4) is 5.75 Å². The number of nitrogens with one attached hydrogen (secondary N) is 1. The van der Waals surface area contributed by atoms with Gasteiger partial charge in [0.05, 0.1) is 19.0 Å². The number of pyridine rings is 1. The molecule has 1 N–H and O–H groups in total. The molecular weight excluding hydrogens is 312 g/mol. The maximum absolute atomic E-state index is 12.3. The Balaban J connectivity index is 1.61. The second kappa shape index (κ2) is 7.79. The van der Waals surface area contributed by atoms with Crippen LogP contribution >= 0.6 is 0 Å². The first-order valence-corrected chi connectivity index (χ1v) is 8.40. The molecule has 0 fully saturated rings. The number of aromatic nitrogens is 1. The predicted molar refractivity (Wildman–Crippen MR) is 99.9 cm³/mol. The lowest BCUT2D eigenvalue weighted by Gasteiger charge is -2.11. The van der Waals surface area contributed by atoms with Crippen LogP contribution in [0.1, 0.15) is 16.7 Å². The third-order valence-electron chi connectivity index (χ3n) is 4.22. The summed E-state index contributed by atoms with van der Waals surface area (Å²) in [6, 6.07) is 15.9. The maximum atomic E-state index is 12.3. The molecule has 1 aromatic heterocycles. The average Bonchev–Trinajstić information content (AvgIpc) is 2.62. The van der Waals surface area contributed by atoms with Gasteiger partial charge in [-0.25, -0.2) is 0 Å². The minimum absolute atomic E-state index is 0.00442. The van der Waals surface area contributed by atoms with E-state index in [0.29, 0.717) is 13.0 Å². The van der Waals surface area contributed by atoms with Crippen LogP contribution in [0.2, 0.25) is 0 Å². The monoisotopic (exact) mass is 334 g/mol. The second-order valence-electron chi connectivity index (χ2n) is 6.08. The number of fused-ring (bicyclic) bond motifs is 1. The summed E-state index contributed by atoms with van der Waals surface area (Å²) in [6.07, 6.45) is 2.83. The number of nitrogens with zero attached hydrogens (tertiary/aromatic N) is 1. The van der Waals surface area contributed by atoms with E-state index in [0.717, 1.165) is 34.2 Å². The van der Waals surface area contributed by atoms with Crippen LogP contribution in [0.25, 0.3) is 10.9 Å². The molecule has 128 valence electrons. The van der Waals surface area contributed by atoms with E-state index in [1.165, 1.54) is 5.56 Å². The Morgan fingerprint density at radius 3 is 2.80 bits per heavy atom. The van der Waals surface area contributed by atoms with Crippen molar-refractivity contribution < 1.29 is 9.53 Å². The van der Waals surface area contributed by atoms with E-state index in [-0.39, 0.29) is 5.91 Å². The van der Waals surface area contributed by atoms with E-state index in [1.54, 1.807) is 13.3 Å². The Morgan fingerprint density at radius 2 is 1.96 bits per heavy atom. The minimum atomic E-state index is 0.00442. The van der Waals surface area contributed by atoms with E-state index in [2.05, 4.69) is 23.3 Å². The van der Waals surface area contributed by atoms with E-state index in [1.807, 2.05) is 42.5 Å². The summed E-state index contributed by atoms with van der Waals surface area (Å²) in [6.45, 7) is 2.63. The predicted octanol–water partition coefficient (Wildman–Crippen LogP) is 3.45. The number of ether oxygens (including phenoxy) is 1. The number of rotatable bonds is 6. The van der Waals surface area contributed by atoms with Gasteiger partial charge in [0, 0.05) is 18.1 Å². The van der Waals surface area contributed by atoms with Crippen LogP contribution in [-0.4, -0.2) is 24.5 Å². The van der Waals surface area contributed by atoms with Gasteiger partial charge in [0.15, 0.2) is 0 Å². The molecule has 0 bridgehead atoms. The first-order valence-electron chi connectivity index (χ1n) is 8.40. The van der Waals surface area contributed by atoms with Crippen LogP contribution in [-0.2, 0) is 17.6 Å². The molecular formula is C21H22N2O2. The number of amides is 1. The second-order valence-corrected chi connectivity index (χ2v) is 6.08. The number of hydrogen-bond acceptors (Lipinski definition) is 3. The summed E-state index contributed by atoms with van der Waals surface area (Å²) >= 11 is 0. The SMILES string of the molecule is COc1ccc(C)cc1CCNC(=O)Cc1cccc2cccnc12. The molecule has 0 unspecified atom stereocenters. The highest BCUT2D eigenvalue weighted by atomic mass is 16.5. The zero-order valence-corrected chi connectivity index (χ0v) is 14.6. The van der Waals surface area contributed by atoms with Crippen molar-refractivity contribution in [3.63, 3.8) is 0 Å². The summed E-state index contributed by atoms with van der Waals surface area (Å²) in [4.78, 5) is 16.7. The quantitative estimate of drug-likeness (QED) is 0.751. The topological polar surface area (TPSA) is 51.2 Å². The van der Waals surface area contributed by atoms with Crippen molar-refractivity contribution >= 4 is 16.8 Å². The van der Waals surface area contributed by atoms with Gasteiger partial charge < -0.3 is 10.1 Å². The first kappa shape index (κ1) is 17.0. The van der Waals surface area contributed by atoms with Crippen molar-refractivity contribution in [1.82, 2.24) is 10.3 Å². The van der Waals surface area contributed by atoms with Crippen molar-refractivity contribution in [2.75, 3.05) is 13.7 Å². The van der Waals surface area contributed by atoms with Crippen LogP contribution in [0.3, 0.4) is 0 Å². The summed E-state index contributed by atoms with van der Waals surface area (Å²) in [5.41, 5.74) is 4.13. The Hall–Kier alpha value is -2.88. The lowest BCUT2D eigenvalue weighted by atomic mass is 10.1. The largest absolute Gasteiger partial charge is 0.496 e. The highest BCUT2D eigenvalue weighted by Gasteiger charge is 2.08. The van der Waals surface area contributed by atoms with Crippen molar-refractivity contribution in [2.45, 2.75) is 19.8 Å². The summed E-state index contributed by atoms with van der Waals surface area (Å²) in [5, 5.41) is 4.05. The zero-order chi connectivity index (χ0) is 17.6. The van der Waals surface area contributed by atoms with Gasteiger partial charge in [0.2, 0.25) is 5.91 Å². The van der Waals surface area contributed by atoms with Crippen molar-refractivity contribution in [3.05, 3.63) is 71.4 Å². The van der Waals surface area contributed by atoms with E-state index in [9.17, 15) is 4.79 Å². The average molecular weight is 334 g/mol. The number of methoxy groups -OCH3 is 1. The lowest BCUT2D eigenvalue weighted by Crippen LogP contribution is -2.27. The summed E-state index contributed by atoms with van der Waals surface area (Å²) in [7, 11) is 1.67. The van der Waals surface area contributed by atoms with Crippen molar-refractivity contribution in [1.29, 1.82) is 0 Å². The normalized spacial score (nSPS) is 10.6. The van der Waals surface area contributed by atoms with Crippen molar-refractivity contribution in [2.24, 2.45) is 0 Å². The first-order chi connectivity index (χ1) is 12.2. The lowest BCUT2D eigenvalue weighted by molar-refractivity contribution is -0.120. The fourth-order valence-corrected chi connectivity index (χ4v) is 2.98. The van der Waals surface area contributed by atoms with Gasteiger partial charge >= 0.3 is 0 Å². The molecule has 0 aliphatic carbocycles. The number of carbonyl (C=O) groups excluding carboxylic acids is 1. The Labute approximate surface area is 147 Å². The van der Waals surface area contributed by atoms with Gasteiger partial charge in [-0.3, -0.25) is 9.78 Å². The molecule has 1 amide bonds. The van der Waals surface area contributed by atoms with Gasteiger partial charge in [-0.05, 0) is 36.6 Å².